The third kappa shape index (κ3) is 1.29. The molecule has 1 aromatic heterocycles. The fourth-order valence-electron chi connectivity index (χ4n) is 1.47. The summed E-state index contributed by atoms with van der Waals surface area (Å²) in [6.45, 7) is 4.06. The van der Waals surface area contributed by atoms with Gasteiger partial charge in [-0.3, -0.25) is 9.36 Å². The highest BCUT2D eigenvalue weighted by Gasteiger charge is 2.08. The molecule has 0 fully saturated rings. The van der Waals surface area contributed by atoms with Gasteiger partial charge >= 0.3 is 4.87 Å². The normalized spacial score (nSPS) is 11.3. The highest BCUT2D eigenvalue weighted by Crippen LogP contribution is 2.19. The van der Waals surface area contributed by atoms with E-state index in [0.717, 1.165) is 10.2 Å². The zero-order valence-electron chi connectivity index (χ0n) is 7.65. The van der Waals surface area contributed by atoms with Crippen LogP contribution in [0.25, 0.3) is 10.2 Å². The molecule has 13 heavy (non-hydrogen) atoms. The standard InChI is InChI=1S/C10H11NOS/c1-7(2)11-8-5-3-4-6-9(8)13-10(11)12/h3-7H,1-2H3. The lowest BCUT2D eigenvalue weighted by atomic mass is 10.3. The second-order valence-electron chi connectivity index (χ2n) is 3.30. The Morgan fingerprint density at radius 3 is 2.69 bits per heavy atom. The first-order chi connectivity index (χ1) is 6.20. The molecule has 1 heterocycles. The van der Waals surface area contributed by atoms with E-state index < -0.39 is 0 Å². The molecular weight excluding hydrogens is 182 g/mol. The van der Waals surface area contributed by atoms with Gasteiger partial charge in [0.25, 0.3) is 0 Å². The van der Waals surface area contributed by atoms with Crippen LogP contribution in [-0.4, -0.2) is 4.57 Å². The minimum absolute atomic E-state index is 0.135. The molecule has 2 nitrogen and oxygen atoms in total. The third-order valence-corrected chi connectivity index (χ3v) is 2.97. The number of rotatable bonds is 1. The molecule has 1 aromatic carbocycles. The van der Waals surface area contributed by atoms with E-state index in [2.05, 4.69) is 0 Å². The number of aromatic nitrogens is 1. The van der Waals surface area contributed by atoms with Crippen molar-refractivity contribution in [1.29, 1.82) is 0 Å². The van der Waals surface area contributed by atoms with Crippen molar-refractivity contribution in [1.82, 2.24) is 4.57 Å². The van der Waals surface area contributed by atoms with Gasteiger partial charge in [-0.15, -0.1) is 0 Å². The topological polar surface area (TPSA) is 22.0 Å². The minimum Gasteiger partial charge on any atom is -0.296 e. The molecule has 0 amide bonds. The van der Waals surface area contributed by atoms with Crippen molar-refractivity contribution >= 4 is 21.6 Å². The smallest absolute Gasteiger partial charge is 0.296 e. The molecule has 0 radical (unpaired) electrons. The summed E-state index contributed by atoms with van der Waals surface area (Å²) in [7, 11) is 0. The van der Waals surface area contributed by atoms with E-state index in [0.29, 0.717) is 0 Å². The molecule has 0 aliphatic rings. The van der Waals surface area contributed by atoms with Crippen LogP contribution in [-0.2, 0) is 0 Å². The molecule has 0 atom stereocenters. The summed E-state index contributed by atoms with van der Waals surface area (Å²) in [6.07, 6.45) is 0. The van der Waals surface area contributed by atoms with Crippen LogP contribution in [0.1, 0.15) is 19.9 Å². The quantitative estimate of drug-likeness (QED) is 0.682. The highest BCUT2D eigenvalue weighted by atomic mass is 32.1. The average Bonchev–Trinajstić information content (AvgIpc) is 2.39. The van der Waals surface area contributed by atoms with Crippen molar-refractivity contribution < 1.29 is 0 Å². The molecule has 0 saturated heterocycles. The summed E-state index contributed by atoms with van der Waals surface area (Å²) >= 11 is 1.31. The maximum Gasteiger partial charge on any atom is 0.308 e. The largest absolute Gasteiger partial charge is 0.308 e. The fraction of sp³-hybridized carbons (Fsp3) is 0.300. The maximum absolute atomic E-state index is 11.6. The van der Waals surface area contributed by atoms with Crippen molar-refractivity contribution in [2.75, 3.05) is 0 Å². The summed E-state index contributed by atoms with van der Waals surface area (Å²) < 4.78 is 2.90. The van der Waals surface area contributed by atoms with E-state index in [-0.39, 0.29) is 10.9 Å². The number of benzene rings is 1. The minimum atomic E-state index is 0.135. The summed E-state index contributed by atoms with van der Waals surface area (Å²) in [5.74, 6) is 0. The Morgan fingerprint density at radius 1 is 1.31 bits per heavy atom. The molecule has 0 N–H and O–H groups in total. The molecular formula is C10H11NOS. The molecule has 0 spiro atoms. The van der Waals surface area contributed by atoms with Gasteiger partial charge in [-0.05, 0) is 26.0 Å². The Bertz CT molecular complexity index is 481. The van der Waals surface area contributed by atoms with E-state index in [1.165, 1.54) is 11.3 Å². The zero-order chi connectivity index (χ0) is 9.42. The van der Waals surface area contributed by atoms with Crippen LogP contribution in [0.4, 0.5) is 0 Å². The van der Waals surface area contributed by atoms with Crippen LogP contribution in [0, 0.1) is 0 Å². The summed E-state index contributed by atoms with van der Waals surface area (Å²) in [5.41, 5.74) is 1.05. The fourth-order valence-corrected chi connectivity index (χ4v) is 2.49. The molecule has 2 rings (SSSR count). The first-order valence-corrected chi connectivity index (χ1v) is 5.12. The van der Waals surface area contributed by atoms with Gasteiger partial charge in [-0.1, -0.05) is 23.5 Å². The zero-order valence-corrected chi connectivity index (χ0v) is 8.47. The Kier molecular flexibility index (Phi) is 1.96. The van der Waals surface area contributed by atoms with Crippen molar-refractivity contribution in [2.45, 2.75) is 19.9 Å². The second-order valence-corrected chi connectivity index (χ2v) is 4.29. The van der Waals surface area contributed by atoms with Gasteiger partial charge in [-0.2, -0.15) is 0 Å². The van der Waals surface area contributed by atoms with Crippen molar-refractivity contribution in [3.63, 3.8) is 0 Å². The van der Waals surface area contributed by atoms with Gasteiger partial charge in [-0.25, -0.2) is 0 Å². The van der Waals surface area contributed by atoms with Crippen LogP contribution in [0.5, 0.6) is 0 Å². The van der Waals surface area contributed by atoms with Gasteiger partial charge in [0.1, 0.15) is 0 Å². The van der Waals surface area contributed by atoms with Gasteiger partial charge in [0, 0.05) is 6.04 Å². The lowest BCUT2D eigenvalue weighted by molar-refractivity contribution is 0.611. The number of thiazole rings is 1. The molecule has 0 aliphatic carbocycles. The Balaban J connectivity index is 2.87. The Hall–Kier alpha value is -1.09. The molecule has 0 unspecified atom stereocenters. The van der Waals surface area contributed by atoms with E-state index in [9.17, 15) is 4.79 Å². The van der Waals surface area contributed by atoms with Gasteiger partial charge in [0.2, 0.25) is 0 Å². The molecule has 0 aliphatic heterocycles. The highest BCUT2D eigenvalue weighted by molar-refractivity contribution is 7.16. The summed E-state index contributed by atoms with van der Waals surface area (Å²) in [5, 5.41) is 0. The van der Waals surface area contributed by atoms with Crippen molar-refractivity contribution in [2.24, 2.45) is 0 Å². The molecule has 68 valence electrons. The Labute approximate surface area is 80.4 Å². The van der Waals surface area contributed by atoms with Crippen molar-refractivity contribution in [3.8, 4) is 0 Å². The molecule has 0 bridgehead atoms. The van der Waals surface area contributed by atoms with Crippen LogP contribution >= 0.6 is 11.3 Å². The maximum atomic E-state index is 11.6. The van der Waals surface area contributed by atoms with E-state index in [4.69, 9.17) is 0 Å². The second kappa shape index (κ2) is 3.00. The van der Waals surface area contributed by atoms with E-state index >= 15 is 0 Å². The van der Waals surface area contributed by atoms with Crippen LogP contribution in [0.15, 0.2) is 29.1 Å². The third-order valence-electron chi connectivity index (χ3n) is 2.04. The first-order valence-electron chi connectivity index (χ1n) is 4.30. The van der Waals surface area contributed by atoms with Crippen LogP contribution in [0.3, 0.4) is 0 Å². The Morgan fingerprint density at radius 2 is 2.00 bits per heavy atom. The van der Waals surface area contributed by atoms with Gasteiger partial charge < -0.3 is 0 Å². The van der Waals surface area contributed by atoms with Crippen LogP contribution < -0.4 is 4.87 Å². The van der Waals surface area contributed by atoms with E-state index in [1.807, 2.05) is 42.7 Å². The number of fused-ring (bicyclic) bond motifs is 1. The lowest BCUT2D eigenvalue weighted by Crippen LogP contribution is -2.14. The monoisotopic (exact) mass is 193 g/mol. The number of nitrogens with zero attached hydrogens (tertiary/aromatic N) is 1. The average molecular weight is 193 g/mol. The number of hydrogen-bond donors (Lipinski definition) is 0. The SMILES string of the molecule is CC(C)n1c(=O)sc2ccccc21. The molecule has 2 aromatic rings. The van der Waals surface area contributed by atoms with Gasteiger partial charge in [0.05, 0.1) is 10.2 Å². The predicted molar refractivity (Wildman–Crippen MR) is 56.5 cm³/mol. The van der Waals surface area contributed by atoms with Crippen molar-refractivity contribution in [3.05, 3.63) is 33.9 Å². The van der Waals surface area contributed by atoms with Crippen LogP contribution in [0.2, 0.25) is 0 Å². The number of para-hydroxylation sites is 1. The lowest BCUT2D eigenvalue weighted by Gasteiger charge is -2.06. The summed E-state index contributed by atoms with van der Waals surface area (Å²) in [6, 6.07) is 8.15. The molecule has 0 saturated carbocycles. The summed E-state index contributed by atoms with van der Waals surface area (Å²) in [4.78, 5) is 11.7. The predicted octanol–water partition coefficient (Wildman–Crippen LogP) is 2.64. The molecule has 3 heteroatoms. The van der Waals surface area contributed by atoms with E-state index in [1.54, 1.807) is 0 Å². The van der Waals surface area contributed by atoms with Gasteiger partial charge in [0.15, 0.2) is 0 Å². The first kappa shape index (κ1) is 8.51. The number of hydrogen-bond acceptors (Lipinski definition) is 2.